The van der Waals surface area contributed by atoms with Crippen molar-refractivity contribution in [2.45, 2.75) is 30.7 Å². The third-order valence-corrected chi connectivity index (χ3v) is 4.99. The van der Waals surface area contributed by atoms with Crippen LogP contribution in [0, 0.1) is 5.82 Å². The zero-order valence-corrected chi connectivity index (χ0v) is 13.0. The minimum absolute atomic E-state index is 0.0921. The summed E-state index contributed by atoms with van der Waals surface area (Å²) in [6, 6.07) is 12.6. The fourth-order valence-corrected chi connectivity index (χ4v) is 4.01. The highest BCUT2D eigenvalue weighted by Crippen LogP contribution is 2.51. The maximum Gasteiger partial charge on any atom is 0.123 e. The molecule has 2 aromatic rings. The Morgan fingerprint density at radius 1 is 1.13 bits per heavy atom. The number of aliphatic hydroxyl groups excluding tert-OH is 1. The van der Waals surface area contributed by atoms with E-state index in [2.05, 4.69) is 11.4 Å². The van der Waals surface area contributed by atoms with Crippen molar-refractivity contribution >= 4 is 0 Å². The van der Waals surface area contributed by atoms with Crippen LogP contribution in [0.15, 0.2) is 42.5 Å². The molecular weight excluding hydrogens is 293 g/mol. The van der Waals surface area contributed by atoms with Crippen molar-refractivity contribution in [1.82, 2.24) is 5.32 Å². The second-order valence-electron chi connectivity index (χ2n) is 6.38. The Labute approximate surface area is 135 Å². The van der Waals surface area contributed by atoms with Crippen LogP contribution in [0.25, 0.3) is 0 Å². The van der Waals surface area contributed by atoms with Gasteiger partial charge in [-0.05, 0) is 47.9 Å². The third kappa shape index (κ3) is 2.38. The van der Waals surface area contributed by atoms with Gasteiger partial charge in [0.1, 0.15) is 11.9 Å². The molecule has 1 saturated heterocycles. The highest BCUT2D eigenvalue weighted by molar-refractivity contribution is 5.47. The molecule has 0 radical (unpaired) electrons. The Balaban J connectivity index is 1.89. The van der Waals surface area contributed by atoms with Crippen LogP contribution in [-0.4, -0.2) is 24.8 Å². The van der Waals surface area contributed by atoms with E-state index in [0.717, 1.165) is 35.2 Å². The summed E-state index contributed by atoms with van der Waals surface area (Å²) in [6.07, 6.45) is 0.0103. The molecule has 1 fully saturated rings. The Kier molecular flexibility index (Phi) is 3.68. The monoisotopic (exact) mass is 313 g/mol. The van der Waals surface area contributed by atoms with Crippen molar-refractivity contribution in [3.05, 3.63) is 70.5 Å². The van der Waals surface area contributed by atoms with Gasteiger partial charge in [-0.2, -0.15) is 0 Å². The van der Waals surface area contributed by atoms with E-state index in [1.54, 1.807) is 6.07 Å². The summed E-state index contributed by atoms with van der Waals surface area (Å²) in [5.41, 5.74) is 3.54. The quantitative estimate of drug-likeness (QED) is 0.895. The number of benzene rings is 2. The molecule has 1 aliphatic carbocycles. The zero-order valence-electron chi connectivity index (χ0n) is 13.0. The lowest BCUT2D eigenvalue weighted by Gasteiger charge is -2.19. The second kappa shape index (κ2) is 5.71. The second-order valence-corrected chi connectivity index (χ2v) is 6.38. The van der Waals surface area contributed by atoms with E-state index in [1.807, 2.05) is 25.2 Å². The van der Waals surface area contributed by atoms with Gasteiger partial charge >= 0.3 is 0 Å². The summed E-state index contributed by atoms with van der Waals surface area (Å²) >= 11 is 0. The molecule has 1 heterocycles. The Hall–Kier alpha value is -1.75. The van der Waals surface area contributed by atoms with Crippen LogP contribution in [0.2, 0.25) is 0 Å². The van der Waals surface area contributed by atoms with Gasteiger partial charge in [0.15, 0.2) is 0 Å². The number of likely N-dealkylation sites (N-methyl/N-ethyl adjacent to an activating group) is 1. The molecule has 0 bridgehead atoms. The summed E-state index contributed by atoms with van der Waals surface area (Å²) in [5, 5.41) is 14.0. The van der Waals surface area contributed by atoms with Gasteiger partial charge in [-0.1, -0.05) is 30.3 Å². The van der Waals surface area contributed by atoms with Crippen molar-refractivity contribution in [1.29, 1.82) is 0 Å². The highest BCUT2D eigenvalue weighted by Gasteiger charge is 2.42. The largest absolute Gasteiger partial charge is 0.384 e. The van der Waals surface area contributed by atoms with E-state index in [4.69, 9.17) is 4.74 Å². The number of rotatable bonds is 2. The molecule has 2 aliphatic rings. The van der Waals surface area contributed by atoms with Crippen LogP contribution in [0.3, 0.4) is 0 Å². The number of fused-ring (bicyclic) bond motifs is 5. The van der Waals surface area contributed by atoms with E-state index in [0.29, 0.717) is 0 Å². The smallest absolute Gasteiger partial charge is 0.123 e. The lowest BCUT2D eigenvalue weighted by Crippen LogP contribution is -2.23. The molecule has 3 nitrogen and oxygen atoms in total. The number of halogens is 1. The van der Waals surface area contributed by atoms with Crippen molar-refractivity contribution in [3.8, 4) is 0 Å². The lowest BCUT2D eigenvalue weighted by atomic mass is 9.87. The average Bonchev–Trinajstić information content (AvgIpc) is 2.95. The van der Waals surface area contributed by atoms with Crippen LogP contribution >= 0.6 is 0 Å². The van der Waals surface area contributed by atoms with Crippen molar-refractivity contribution in [2.24, 2.45) is 0 Å². The number of hydrogen-bond donors (Lipinski definition) is 2. The molecule has 2 N–H and O–H groups in total. The first kappa shape index (κ1) is 14.8. The fourth-order valence-electron chi connectivity index (χ4n) is 4.01. The van der Waals surface area contributed by atoms with E-state index < -0.39 is 6.10 Å². The minimum atomic E-state index is -0.737. The number of aliphatic hydroxyl groups is 1. The van der Waals surface area contributed by atoms with Crippen LogP contribution < -0.4 is 5.32 Å². The molecule has 1 aliphatic heterocycles. The molecule has 0 spiro atoms. The number of hydrogen-bond acceptors (Lipinski definition) is 3. The maximum atomic E-state index is 13.8. The fraction of sp³-hybridized carbons (Fsp3) is 0.368. The molecule has 4 rings (SSSR count). The number of ether oxygens (including phenoxy) is 1. The average molecular weight is 313 g/mol. The first-order valence-corrected chi connectivity index (χ1v) is 8.05. The van der Waals surface area contributed by atoms with Gasteiger partial charge in [0.05, 0.1) is 12.2 Å². The predicted molar refractivity (Wildman–Crippen MR) is 85.8 cm³/mol. The lowest BCUT2D eigenvalue weighted by molar-refractivity contribution is 0.0412. The topological polar surface area (TPSA) is 41.5 Å². The molecule has 1 unspecified atom stereocenters. The molecule has 0 amide bonds. The molecule has 2 aromatic carbocycles. The first-order valence-electron chi connectivity index (χ1n) is 8.05. The van der Waals surface area contributed by atoms with Crippen molar-refractivity contribution < 1.29 is 14.2 Å². The standard InChI is InChI=1S/C19H20FNO2/c1-21-10-12-9-17-13-4-2-3-5-14(13)18(22)15-7-6-11(20)8-16(15)19(17)23-12/h2-8,12,17-19,21-22H,9-10H2,1H3/t12?,17-,18+,19+/m1/s1. The van der Waals surface area contributed by atoms with Crippen LogP contribution in [0.1, 0.15) is 46.8 Å². The SMILES string of the molecule is CNCC1C[C@@H]2c3ccccc3[C@H](O)c3ccc(F)cc3[C@@H]2O1. The van der Waals surface area contributed by atoms with E-state index >= 15 is 0 Å². The molecule has 4 atom stereocenters. The highest BCUT2D eigenvalue weighted by atomic mass is 19.1. The van der Waals surface area contributed by atoms with Gasteiger partial charge in [-0.3, -0.25) is 0 Å². The molecule has 0 aromatic heterocycles. The van der Waals surface area contributed by atoms with Crippen LogP contribution in [-0.2, 0) is 4.74 Å². The summed E-state index contributed by atoms with van der Waals surface area (Å²) in [4.78, 5) is 0. The van der Waals surface area contributed by atoms with Gasteiger partial charge in [-0.15, -0.1) is 0 Å². The summed E-state index contributed by atoms with van der Waals surface area (Å²) < 4.78 is 20.1. The first-order chi connectivity index (χ1) is 11.2. The van der Waals surface area contributed by atoms with E-state index in [9.17, 15) is 9.50 Å². The Morgan fingerprint density at radius 3 is 2.65 bits per heavy atom. The van der Waals surface area contributed by atoms with Crippen LogP contribution in [0.4, 0.5) is 4.39 Å². The summed E-state index contributed by atoms with van der Waals surface area (Å²) in [6.45, 7) is 0.766. The Bertz CT molecular complexity index is 733. The molecule has 120 valence electrons. The van der Waals surface area contributed by atoms with Gasteiger partial charge < -0.3 is 15.2 Å². The van der Waals surface area contributed by atoms with E-state index in [-0.39, 0.29) is 23.9 Å². The van der Waals surface area contributed by atoms with E-state index in [1.165, 1.54) is 12.1 Å². The van der Waals surface area contributed by atoms with Crippen LogP contribution in [0.5, 0.6) is 0 Å². The normalized spacial score (nSPS) is 28.7. The zero-order chi connectivity index (χ0) is 16.0. The van der Waals surface area contributed by atoms with Gasteiger partial charge in [0.25, 0.3) is 0 Å². The molecular formula is C19H20FNO2. The third-order valence-electron chi connectivity index (χ3n) is 4.99. The van der Waals surface area contributed by atoms with Gasteiger partial charge in [0.2, 0.25) is 0 Å². The van der Waals surface area contributed by atoms with Gasteiger partial charge in [-0.25, -0.2) is 4.39 Å². The summed E-state index contributed by atoms with van der Waals surface area (Å²) in [7, 11) is 1.91. The van der Waals surface area contributed by atoms with Gasteiger partial charge in [0, 0.05) is 12.5 Å². The van der Waals surface area contributed by atoms with Crippen molar-refractivity contribution in [3.63, 3.8) is 0 Å². The molecule has 23 heavy (non-hydrogen) atoms. The number of nitrogens with one attached hydrogen (secondary N) is 1. The Morgan fingerprint density at radius 2 is 1.87 bits per heavy atom. The summed E-state index contributed by atoms with van der Waals surface area (Å²) in [5.74, 6) is -0.149. The molecule has 4 heteroatoms. The maximum absolute atomic E-state index is 13.8. The minimum Gasteiger partial charge on any atom is -0.384 e. The van der Waals surface area contributed by atoms with Crippen molar-refractivity contribution in [2.75, 3.05) is 13.6 Å². The molecule has 0 saturated carbocycles. The predicted octanol–water partition coefficient (Wildman–Crippen LogP) is 3.05.